The van der Waals surface area contributed by atoms with E-state index in [0.29, 0.717) is 17.1 Å². The van der Waals surface area contributed by atoms with Crippen LogP contribution in [0.3, 0.4) is 0 Å². The Hall–Kier alpha value is -3.35. The molecule has 0 saturated heterocycles. The summed E-state index contributed by atoms with van der Waals surface area (Å²) < 4.78 is 15.1. The van der Waals surface area contributed by atoms with Gasteiger partial charge in [-0.25, -0.2) is 10.2 Å². The number of ether oxygens (including phenoxy) is 3. The van der Waals surface area contributed by atoms with Gasteiger partial charge in [-0.2, -0.15) is 5.10 Å². The van der Waals surface area contributed by atoms with E-state index in [0.717, 1.165) is 5.56 Å². The second kappa shape index (κ2) is 9.07. The summed E-state index contributed by atoms with van der Waals surface area (Å²) in [7, 11) is 2.85. The number of hydrogen-bond acceptors (Lipinski definition) is 6. The molecule has 2 aromatic carbocycles. The van der Waals surface area contributed by atoms with E-state index in [1.165, 1.54) is 20.4 Å². The minimum Gasteiger partial charge on any atom is -0.493 e. The molecule has 2 rings (SSSR count). The highest BCUT2D eigenvalue weighted by atomic mass is 16.5. The number of nitrogens with zero attached hydrogens (tertiary/aromatic N) is 1. The van der Waals surface area contributed by atoms with E-state index in [9.17, 15) is 9.59 Å². The number of carbonyl (C=O) groups excluding carboxylic acids is 2. The number of hydrazone groups is 1. The van der Waals surface area contributed by atoms with Crippen LogP contribution in [0, 0.1) is 0 Å². The Morgan fingerprint density at radius 2 is 1.72 bits per heavy atom. The fraction of sp³-hybridized carbons (Fsp3) is 0.167. The lowest BCUT2D eigenvalue weighted by Gasteiger charge is -2.09. The van der Waals surface area contributed by atoms with Crippen molar-refractivity contribution in [1.29, 1.82) is 0 Å². The fourth-order valence-electron chi connectivity index (χ4n) is 1.92. The molecular weight excluding hydrogens is 324 g/mol. The highest BCUT2D eigenvalue weighted by Gasteiger charge is 2.06. The lowest BCUT2D eigenvalue weighted by atomic mass is 10.1. The maximum Gasteiger partial charge on any atom is 0.337 e. The van der Waals surface area contributed by atoms with Crippen molar-refractivity contribution >= 4 is 18.1 Å². The van der Waals surface area contributed by atoms with Gasteiger partial charge in [0.25, 0.3) is 5.91 Å². The predicted molar refractivity (Wildman–Crippen MR) is 92.0 cm³/mol. The van der Waals surface area contributed by atoms with Gasteiger partial charge in [0, 0.05) is 0 Å². The molecule has 25 heavy (non-hydrogen) atoms. The topological polar surface area (TPSA) is 86.2 Å². The molecule has 0 spiro atoms. The van der Waals surface area contributed by atoms with Crippen LogP contribution in [-0.4, -0.2) is 38.9 Å². The first-order valence-corrected chi connectivity index (χ1v) is 7.40. The second-order valence-electron chi connectivity index (χ2n) is 4.85. The molecule has 7 heteroatoms. The van der Waals surface area contributed by atoms with Gasteiger partial charge in [-0.3, -0.25) is 4.79 Å². The summed E-state index contributed by atoms with van der Waals surface area (Å²) in [4.78, 5) is 23.1. The van der Waals surface area contributed by atoms with Gasteiger partial charge in [0.05, 0.1) is 26.0 Å². The summed E-state index contributed by atoms with van der Waals surface area (Å²) in [5, 5.41) is 3.84. The molecule has 0 heterocycles. The number of para-hydroxylation sites is 2. The maximum atomic E-state index is 11.7. The Morgan fingerprint density at radius 1 is 1.04 bits per heavy atom. The molecule has 7 nitrogen and oxygen atoms in total. The molecule has 0 bridgehead atoms. The van der Waals surface area contributed by atoms with Gasteiger partial charge in [0.15, 0.2) is 18.1 Å². The minimum absolute atomic E-state index is 0.195. The first kappa shape index (κ1) is 18.0. The van der Waals surface area contributed by atoms with Crippen LogP contribution in [0.5, 0.6) is 11.5 Å². The normalized spacial score (nSPS) is 10.3. The van der Waals surface area contributed by atoms with Crippen LogP contribution in [0.1, 0.15) is 15.9 Å². The standard InChI is InChI=1S/C18H18N2O5/c1-23-15-5-3-4-6-16(15)25-12-17(21)20-19-11-13-7-9-14(10-8-13)18(22)24-2/h3-11H,12H2,1-2H3,(H,20,21)/b19-11-. The van der Waals surface area contributed by atoms with Crippen molar-refractivity contribution in [3.8, 4) is 11.5 Å². The van der Waals surface area contributed by atoms with E-state index in [4.69, 9.17) is 9.47 Å². The molecule has 1 N–H and O–H groups in total. The van der Waals surface area contributed by atoms with Gasteiger partial charge in [0.1, 0.15) is 0 Å². The van der Waals surface area contributed by atoms with Crippen LogP contribution >= 0.6 is 0 Å². The largest absolute Gasteiger partial charge is 0.493 e. The average Bonchev–Trinajstić information content (AvgIpc) is 2.66. The monoisotopic (exact) mass is 342 g/mol. The van der Waals surface area contributed by atoms with E-state index in [-0.39, 0.29) is 6.61 Å². The number of carbonyl (C=O) groups is 2. The summed E-state index contributed by atoms with van der Waals surface area (Å²) in [5.41, 5.74) is 3.52. The first-order valence-electron chi connectivity index (χ1n) is 7.40. The van der Waals surface area contributed by atoms with Crippen LogP contribution in [0.2, 0.25) is 0 Å². The zero-order valence-electron chi connectivity index (χ0n) is 13.9. The molecule has 0 radical (unpaired) electrons. The van der Waals surface area contributed by atoms with Crippen LogP contribution in [0.25, 0.3) is 0 Å². The number of esters is 1. The Labute approximate surface area is 145 Å². The van der Waals surface area contributed by atoms with Crippen LogP contribution in [-0.2, 0) is 9.53 Å². The molecule has 0 aliphatic rings. The van der Waals surface area contributed by atoms with E-state index in [2.05, 4.69) is 15.3 Å². The molecule has 0 aromatic heterocycles. The quantitative estimate of drug-likeness (QED) is 0.472. The zero-order chi connectivity index (χ0) is 18.1. The lowest BCUT2D eigenvalue weighted by Crippen LogP contribution is -2.24. The Balaban J connectivity index is 1.83. The molecule has 0 fully saturated rings. The summed E-state index contributed by atoms with van der Waals surface area (Å²) >= 11 is 0. The first-order chi connectivity index (χ1) is 12.1. The van der Waals surface area contributed by atoms with Crippen LogP contribution < -0.4 is 14.9 Å². The van der Waals surface area contributed by atoms with Crippen molar-refractivity contribution in [1.82, 2.24) is 5.43 Å². The van der Waals surface area contributed by atoms with Crippen molar-refractivity contribution in [2.75, 3.05) is 20.8 Å². The van der Waals surface area contributed by atoms with Gasteiger partial charge in [-0.1, -0.05) is 24.3 Å². The zero-order valence-corrected chi connectivity index (χ0v) is 13.9. The third-order valence-electron chi connectivity index (χ3n) is 3.16. The van der Waals surface area contributed by atoms with Gasteiger partial charge in [-0.15, -0.1) is 0 Å². The van der Waals surface area contributed by atoms with E-state index >= 15 is 0 Å². The molecule has 0 aliphatic heterocycles. The summed E-state index contributed by atoms with van der Waals surface area (Å²) in [6, 6.07) is 13.6. The average molecular weight is 342 g/mol. The summed E-state index contributed by atoms with van der Waals surface area (Å²) in [6.07, 6.45) is 1.46. The van der Waals surface area contributed by atoms with Crippen LogP contribution in [0.4, 0.5) is 0 Å². The number of amides is 1. The maximum absolute atomic E-state index is 11.7. The number of nitrogens with one attached hydrogen (secondary N) is 1. The van der Waals surface area contributed by atoms with Crippen molar-refractivity contribution < 1.29 is 23.8 Å². The number of rotatable bonds is 7. The minimum atomic E-state index is -0.412. The van der Waals surface area contributed by atoms with Crippen molar-refractivity contribution in [2.45, 2.75) is 0 Å². The molecule has 0 atom stereocenters. The predicted octanol–water partition coefficient (Wildman–Crippen LogP) is 2.01. The highest BCUT2D eigenvalue weighted by Crippen LogP contribution is 2.25. The Morgan fingerprint density at radius 3 is 2.36 bits per heavy atom. The molecule has 2 aromatic rings. The molecular formula is C18H18N2O5. The summed E-state index contributed by atoms with van der Waals surface area (Å²) in [6.45, 7) is -0.195. The fourth-order valence-corrected chi connectivity index (χ4v) is 1.92. The molecule has 0 unspecified atom stereocenters. The third kappa shape index (κ3) is 5.35. The van der Waals surface area contributed by atoms with Crippen molar-refractivity contribution in [3.05, 3.63) is 59.7 Å². The lowest BCUT2D eigenvalue weighted by molar-refractivity contribution is -0.123. The molecule has 1 amide bonds. The van der Waals surface area contributed by atoms with Gasteiger partial charge >= 0.3 is 5.97 Å². The van der Waals surface area contributed by atoms with Crippen molar-refractivity contribution in [3.63, 3.8) is 0 Å². The number of hydrogen-bond donors (Lipinski definition) is 1. The van der Waals surface area contributed by atoms with E-state index < -0.39 is 11.9 Å². The van der Waals surface area contributed by atoms with E-state index in [1.807, 2.05) is 6.07 Å². The second-order valence-corrected chi connectivity index (χ2v) is 4.85. The molecule has 130 valence electrons. The smallest absolute Gasteiger partial charge is 0.337 e. The van der Waals surface area contributed by atoms with Crippen LogP contribution in [0.15, 0.2) is 53.6 Å². The van der Waals surface area contributed by atoms with Gasteiger partial charge in [-0.05, 0) is 29.8 Å². The summed E-state index contributed by atoms with van der Waals surface area (Å²) in [5.74, 6) is 0.200. The molecule has 0 saturated carbocycles. The van der Waals surface area contributed by atoms with E-state index in [1.54, 1.807) is 42.5 Å². The number of methoxy groups -OCH3 is 2. The highest BCUT2D eigenvalue weighted by molar-refractivity contribution is 5.90. The van der Waals surface area contributed by atoms with Gasteiger partial charge in [0.2, 0.25) is 0 Å². The van der Waals surface area contributed by atoms with Gasteiger partial charge < -0.3 is 14.2 Å². The van der Waals surface area contributed by atoms with Crippen molar-refractivity contribution in [2.24, 2.45) is 5.10 Å². The number of benzene rings is 2. The molecule has 0 aliphatic carbocycles. The SMILES string of the molecule is COC(=O)c1ccc(/C=N\NC(=O)COc2ccccc2OC)cc1. The Bertz CT molecular complexity index is 756. The third-order valence-corrected chi connectivity index (χ3v) is 3.16. The Kier molecular flexibility index (Phi) is 6.53.